The number of benzene rings is 1. The van der Waals surface area contributed by atoms with Gasteiger partial charge in [-0.2, -0.15) is 0 Å². The number of aryl methyl sites for hydroxylation is 1. The highest BCUT2D eigenvalue weighted by Crippen LogP contribution is 2.12. The van der Waals surface area contributed by atoms with Gasteiger partial charge in [0.2, 0.25) is 0 Å². The maximum absolute atomic E-state index is 12.1. The van der Waals surface area contributed by atoms with Crippen LogP contribution in [0, 0.1) is 6.92 Å². The molecule has 0 spiro atoms. The first-order chi connectivity index (χ1) is 10.7. The van der Waals surface area contributed by atoms with Crippen molar-refractivity contribution in [2.24, 2.45) is 0 Å². The molecule has 5 nitrogen and oxygen atoms in total. The summed E-state index contributed by atoms with van der Waals surface area (Å²) in [6.07, 6.45) is 2.56. The number of aromatic nitrogens is 1. The van der Waals surface area contributed by atoms with E-state index >= 15 is 0 Å². The summed E-state index contributed by atoms with van der Waals surface area (Å²) in [7, 11) is 1.68. The zero-order valence-electron chi connectivity index (χ0n) is 12.9. The number of nitrogens with one attached hydrogen (secondary N) is 2. The molecule has 0 unspecified atom stereocenters. The Labute approximate surface area is 130 Å². The Bertz CT molecular complexity index is 594. The zero-order valence-corrected chi connectivity index (χ0v) is 12.9. The molecule has 1 aromatic heterocycles. The number of methoxy groups -OCH3 is 1. The molecule has 0 atom stereocenters. The lowest BCUT2D eigenvalue weighted by Gasteiger charge is -2.08. The summed E-state index contributed by atoms with van der Waals surface area (Å²) >= 11 is 0. The van der Waals surface area contributed by atoms with Crippen LogP contribution in [-0.2, 0) is 4.74 Å². The quantitative estimate of drug-likeness (QED) is 0.771. The highest BCUT2D eigenvalue weighted by Gasteiger charge is 2.05. The summed E-state index contributed by atoms with van der Waals surface area (Å²) in [4.78, 5) is 16.4. The summed E-state index contributed by atoms with van der Waals surface area (Å²) in [5.41, 5.74) is 2.43. The highest BCUT2D eigenvalue weighted by atomic mass is 16.5. The molecule has 0 saturated carbocycles. The van der Waals surface area contributed by atoms with Crippen molar-refractivity contribution in [3.8, 4) is 0 Å². The molecule has 5 heteroatoms. The van der Waals surface area contributed by atoms with Crippen LogP contribution in [0.5, 0.6) is 0 Å². The van der Waals surface area contributed by atoms with Gasteiger partial charge in [-0.15, -0.1) is 0 Å². The number of ether oxygens (including phenoxy) is 1. The molecule has 22 heavy (non-hydrogen) atoms. The minimum atomic E-state index is -0.136. The van der Waals surface area contributed by atoms with Crippen LogP contribution in [0.4, 0.5) is 11.5 Å². The third kappa shape index (κ3) is 4.86. The van der Waals surface area contributed by atoms with Crippen molar-refractivity contribution < 1.29 is 9.53 Å². The number of anilines is 2. The van der Waals surface area contributed by atoms with E-state index < -0.39 is 0 Å². The van der Waals surface area contributed by atoms with Gasteiger partial charge >= 0.3 is 0 Å². The predicted octanol–water partition coefficient (Wildman–Crippen LogP) is 3.09. The molecule has 0 aliphatic rings. The smallest absolute Gasteiger partial charge is 0.255 e. The minimum absolute atomic E-state index is 0.136. The van der Waals surface area contributed by atoms with Gasteiger partial charge in [-0.1, -0.05) is 17.7 Å². The number of hydrogen-bond donors (Lipinski definition) is 2. The van der Waals surface area contributed by atoms with Crippen LogP contribution in [0.25, 0.3) is 0 Å². The topological polar surface area (TPSA) is 63.2 Å². The third-order valence-corrected chi connectivity index (χ3v) is 3.17. The maximum Gasteiger partial charge on any atom is 0.255 e. The fraction of sp³-hybridized carbons (Fsp3) is 0.294. The first-order valence-electron chi connectivity index (χ1n) is 7.26. The van der Waals surface area contributed by atoms with E-state index in [2.05, 4.69) is 15.6 Å². The molecule has 2 aromatic rings. The molecule has 116 valence electrons. The fourth-order valence-electron chi connectivity index (χ4n) is 1.91. The molecule has 0 radical (unpaired) electrons. The van der Waals surface area contributed by atoms with Crippen LogP contribution < -0.4 is 10.6 Å². The standard InChI is InChI=1S/C17H21N3O2/c1-13-4-6-14(7-5-13)17(21)20-15-8-9-16(19-12-15)18-10-3-11-22-2/h4-9,12H,3,10-11H2,1-2H3,(H,18,19)(H,20,21). The van der Waals surface area contributed by atoms with Crippen molar-refractivity contribution in [1.82, 2.24) is 4.98 Å². The van der Waals surface area contributed by atoms with Crippen molar-refractivity contribution >= 4 is 17.4 Å². The van der Waals surface area contributed by atoms with Gasteiger partial charge in [0.15, 0.2) is 0 Å². The van der Waals surface area contributed by atoms with Crippen LogP contribution in [-0.4, -0.2) is 31.2 Å². The average molecular weight is 299 g/mol. The SMILES string of the molecule is COCCCNc1ccc(NC(=O)c2ccc(C)cc2)cn1. The summed E-state index contributed by atoms with van der Waals surface area (Å²) in [6, 6.07) is 11.1. The Morgan fingerprint density at radius 1 is 1.18 bits per heavy atom. The Morgan fingerprint density at radius 2 is 1.95 bits per heavy atom. The van der Waals surface area contributed by atoms with Gasteiger partial charge in [0.25, 0.3) is 5.91 Å². The van der Waals surface area contributed by atoms with Crippen LogP contribution >= 0.6 is 0 Å². The first kappa shape index (κ1) is 16.0. The second-order valence-electron chi connectivity index (χ2n) is 5.03. The number of carbonyl (C=O) groups excluding carboxylic acids is 1. The number of nitrogens with zero attached hydrogens (tertiary/aromatic N) is 1. The maximum atomic E-state index is 12.1. The zero-order chi connectivity index (χ0) is 15.8. The molecule has 1 aromatic carbocycles. The third-order valence-electron chi connectivity index (χ3n) is 3.17. The molecule has 1 heterocycles. The van der Waals surface area contributed by atoms with Gasteiger partial charge in [0, 0.05) is 25.8 Å². The van der Waals surface area contributed by atoms with E-state index in [9.17, 15) is 4.79 Å². The van der Waals surface area contributed by atoms with E-state index in [4.69, 9.17) is 4.74 Å². The Hall–Kier alpha value is -2.40. The lowest BCUT2D eigenvalue weighted by molar-refractivity contribution is 0.102. The summed E-state index contributed by atoms with van der Waals surface area (Å²) in [5, 5.41) is 6.03. The highest BCUT2D eigenvalue weighted by molar-refractivity contribution is 6.04. The van der Waals surface area contributed by atoms with Crippen LogP contribution in [0.15, 0.2) is 42.6 Å². The van der Waals surface area contributed by atoms with Crippen molar-refractivity contribution in [2.45, 2.75) is 13.3 Å². The van der Waals surface area contributed by atoms with E-state index in [0.29, 0.717) is 11.3 Å². The second kappa shape index (κ2) is 8.14. The lowest BCUT2D eigenvalue weighted by Crippen LogP contribution is -2.12. The Balaban J connectivity index is 1.88. The summed E-state index contributed by atoms with van der Waals surface area (Å²) in [5.74, 6) is 0.645. The molecule has 0 fully saturated rings. The van der Waals surface area contributed by atoms with Gasteiger partial charge in [-0.3, -0.25) is 4.79 Å². The van der Waals surface area contributed by atoms with Gasteiger partial charge in [-0.05, 0) is 37.6 Å². The van der Waals surface area contributed by atoms with E-state index in [1.54, 1.807) is 13.3 Å². The first-order valence-corrected chi connectivity index (χ1v) is 7.26. The number of amides is 1. The molecule has 2 rings (SSSR count). The summed E-state index contributed by atoms with van der Waals surface area (Å²) in [6.45, 7) is 3.51. The van der Waals surface area contributed by atoms with E-state index in [-0.39, 0.29) is 5.91 Å². The van der Waals surface area contributed by atoms with Crippen LogP contribution in [0.2, 0.25) is 0 Å². The predicted molar refractivity (Wildman–Crippen MR) is 88.4 cm³/mol. The molecule has 0 aliphatic heterocycles. The second-order valence-corrected chi connectivity index (χ2v) is 5.03. The fourth-order valence-corrected chi connectivity index (χ4v) is 1.91. The Morgan fingerprint density at radius 3 is 2.59 bits per heavy atom. The van der Waals surface area contributed by atoms with Gasteiger partial charge in [-0.25, -0.2) is 4.98 Å². The largest absolute Gasteiger partial charge is 0.385 e. The van der Waals surface area contributed by atoms with Gasteiger partial charge in [0.05, 0.1) is 11.9 Å². The van der Waals surface area contributed by atoms with Crippen molar-refractivity contribution in [2.75, 3.05) is 30.9 Å². The number of rotatable bonds is 7. The molecule has 1 amide bonds. The molecule has 0 bridgehead atoms. The van der Waals surface area contributed by atoms with E-state index in [1.807, 2.05) is 43.3 Å². The average Bonchev–Trinajstić information content (AvgIpc) is 2.54. The van der Waals surface area contributed by atoms with E-state index in [1.165, 1.54) is 0 Å². The molecule has 0 aliphatic carbocycles. The monoisotopic (exact) mass is 299 g/mol. The van der Waals surface area contributed by atoms with Crippen molar-refractivity contribution in [1.29, 1.82) is 0 Å². The molecule has 0 saturated heterocycles. The van der Waals surface area contributed by atoms with Crippen molar-refractivity contribution in [3.05, 3.63) is 53.7 Å². The normalized spacial score (nSPS) is 10.3. The molecular formula is C17H21N3O2. The van der Waals surface area contributed by atoms with Crippen LogP contribution in [0.1, 0.15) is 22.3 Å². The van der Waals surface area contributed by atoms with Crippen molar-refractivity contribution in [3.63, 3.8) is 0 Å². The van der Waals surface area contributed by atoms with Crippen LogP contribution in [0.3, 0.4) is 0 Å². The minimum Gasteiger partial charge on any atom is -0.385 e. The number of hydrogen-bond acceptors (Lipinski definition) is 4. The Kier molecular flexibility index (Phi) is 5.91. The van der Waals surface area contributed by atoms with E-state index in [0.717, 1.165) is 31.0 Å². The number of carbonyl (C=O) groups is 1. The summed E-state index contributed by atoms with van der Waals surface area (Å²) < 4.78 is 4.98. The molecule has 2 N–H and O–H groups in total. The van der Waals surface area contributed by atoms with Gasteiger partial charge in [0.1, 0.15) is 5.82 Å². The lowest BCUT2D eigenvalue weighted by atomic mass is 10.1. The molecular weight excluding hydrogens is 278 g/mol. The van der Waals surface area contributed by atoms with Gasteiger partial charge < -0.3 is 15.4 Å². The number of pyridine rings is 1.